The number of anilines is 3. The summed E-state index contributed by atoms with van der Waals surface area (Å²) in [5.74, 6) is -1.19. The lowest BCUT2D eigenvalue weighted by molar-refractivity contribution is 0.0904. The number of H-pyrrole nitrogens is 1. The number of benzene rings is 2. The molecule has 3 aliphatic rings. The molecule has 2 unspecified atom stereocenters. The number of hydrogen-bond acceptors (Lipinski definition) is 7. The summed E-state index contributed by atoms with van der Waals surface area (Å²) in [7, 11) is 2.19. The van der Waals surface area contributed by atoms with Crippen molar-refractivity contribution >= 4 is 34.0 Å². The Labute approximate surface area is 242 Å². The van der Waals surface area contributed by atoms with E-state index in [0.29, 0.717) is 58.8 Å². The minimum Gasteiger partial charge on any atom is -0.381 e. The number of rotatable bonds is 7. The zero-order valence-corrected chi connectivity index (χ0v) is 23.4. The standard InChI is InChI=1S/C31H33F2N7O2/c1-39-16-25-13-24(39)17-40(25)23-2-3-26(28(14-23)35-21-4-6-42-7-5-21)31(41)36-30-27-12-22(34-15-29(27)37-38-30)10-18-8-19(32)11-20(33)9-18/h2-3,8-9,11-12,14-15,21,24-25,35H,4-7,10,13,16-17H2,1H3,(H2,36,37,38,41). The number of aromatic amines is 1. The van der Waals surface area contributed by atoms with E-state index in [-0.39, 0.29) is 18.4 Å². The molecule has 42 heavy (non-hydrogen) atoms. The third-order valence-electron chi connectivity index (χ3n) is 8.72. The van der Waals surface area contributed by atoms with E-state index in [4.69, 9.17) is 4.74 Å². The van der Waals surface area contributed by atoms with E-state index in [9.17, 15) is 13.6 Å². The minimum absolute atomic E-state index is 0.217. The Morgan fingerprint density at radius 2 is 1.88 bits per heavy atom. The Bertz CT molecular complexity index is 1610. The van der Waals surface area contributed by atoms with Crippen LogP contribution in [0.4, 0.5) is 26.0 Å². The van der Waals surface area contributed by atoms with Crippen LogP contribution in [-0.4, -0.2) is 77.5 Å². The number of nitrogens with one attached hydrogen (secondary N) is 3. The van der Waals surface area contributed by atoms with Gasteiger partial charge in [-0.05, 0) is 68.3 Å². The molecule has 11 heteroatoms. The molecular formula is C31H33F2N7O2. The van der Waals surface area contributed by atoms with Crippen LogP contribution < -0.4 is 15.5 Å². The number of aromatic nitrogens is 3. The van der Waals surface area contributed by atoms with Crippen molar-refractivity contribution in [1.29, 1.82) is 0 Å². The predicted molar refractivity (Wildman–Crippen MR) is 157 cm³/mol. The van der Waals surface area contributed by atoms with Crippen LogP contribution in [0.3, 0.4) is 0 Å². The Kier molecular flexibility index (Phi) is 6.99. The lowest BCUT2D eigenvalue weighted by Gasteiger charge is -2.34. The maximum atomic E-state index is 13.7. The van der Waals surface area contributed by atoms with Gasteiger partial charge in [-0.25, -0.2) is 8.78 Å². The van der Waals surface area contributed by atoms with Crippen LogP contribution in [0.1, 0.15) is 40.9 Å². The van der Waals surface area contributed by atoms with E-state index in [1.54, 1.807) is 12.3 Å². The van der Waals surface area contributed by atoms with Crippen LogP contribution in [0.15, 0.2) is 48.7 Å². The van der Waals surface area contributed by atoms with Gasteiger partial charge in [-0.15, -0.1) is 0 Å². The van der Waals surface area contributed by atoms with Gasteiger partial charge in [0.15, 0.2) is 5.82 Å². The molecule has 2 aromatic heterocycles. The first-order valence-electron chi connectivity index (χ1n) is 14.4. The average Bonchev–Trinajstić information content (AvgIpc) is 3.67. The average molecular weight is 574 g/mol. The Balaban J connectivity index is 1.15. The van der Waals surface area contributed by atoms with Crippen molar-refractivity contribution in [3.05, 3.63) is 77.1 Å². The van der Waals surface area contributed by atoms with Crippen LogP contribution in [-0.2, 0) is 11.2 Å². The van der Waals surface area contributed by atoms with Crippen LogP contribution >= 0.6 is 0 Å². The van der Waals surface area contributed by atoms with Crippen molar-refractivity contribution in [2.45, 2.75) is 43.8 Å². The van der Waals surface area contributed by atoms with Crippen LogP contribution in [0.5, 0.6) is 0 Å². The summed E-state index contributed by atoms with van der Waals surface area (Å²) in [4.78, 5) is 23.0. The third-order valence-corrected chi connectivity index (χ3v) is 8.72. The van der Waals surface area contributed by atoms with E-state index in [1.165, 1.54) is 18.6 Å². The fourth-order valence-corrected chi connectivity index (χ4v) is 6.52. The lowest BCUT2D eigenvalue weighted by Crippen LogP contribution is -2.44. The largest absolute Gasteiger partial charge is 0.381 e. The normalized spacial score (nSPS) is 20.9. The Hall–Kier alpha value is -4.09. The molecule has 1 amide bonds. The van der Waals surface area contributed by atoms with Gasteiger partial charge in [0.1, 0.15) is 11.6 Å². The van der Waals surface area contributed by atoms with Gasteiger partial charge in [-0.3, -0.25) is 19.8 Å². The van der Waals surface area contributed by atoms with E-state index in [1.807, 2.05) is 12.1 Å². The summed E-state index contributed by atoms with van der Waals surface area (Å²) < 4.78 is 33.0. The number of carbonyl (C=O) groups excluding carboxylic acids is 1. The van der Waals surface area contributed by atoms with E-state index < -0.39 is 11.6 Å². The van der Waals surface area contributed by atoms with Crippen molar-refractivity contribution in [3.8, 4) is 0 Å². The highest BCUT2D eigenvalue weighted by Gasteiger charge is 2.41. The number of amides is 1. The number of pyridine rings is 1. The molecule has 218 valence electrons. The molecule has 9 nitrogen and oxygen atoms in total. The van der Waals surface area contributed by atoms with E-state index in [2.05, 4.69) is 48.7 Å². The van der Waals surface area contributed by atoms with Crippen LogP contribution in [0.2, 0.25) is 0 Å². The molecule has 3 aliphatic heterocycles. The van der Waals surface area contributed by atoms with Crippen molar-refractivity contribution in [1.82, 2.24) is 20.1 Å². The fourth-order valence-electron chi connectivity index (χ4n) is 6.52. The monoisotopic (exact) mass is 573 g/mol. The van der Waals surface area contributed by atoms with Crippen molar-refractivity contribution in [3.63, 3.8) is 0 Å². The lowest BCUT2D eigenvalue weighted by atomic mass is 10.1. The molecule has 3 saturated heterocycles. The summed E-state index contributed by atoms with van der Waals surface area (Å²) in [5, 5.41) is 14.5. The molecule has 0 saturated carbocycles. The smallest absolute Gasteiger partial charge is 0.258 e. The zero-order chi connectivity index (χ0) is 28.8. The second-order valence-corrected chi connectivity index (χ2v) is 11.6. The number of likely N-dealkylation sites (N-methyl/N-ethyl adjacent to an activating group) is 1. The van der Waals surface area contributed by atoms with Gasteiger partial charge in [0.05, 0.1) is 17.3 Å². The molecule has 0 aliphatic carbocycles. The summed E-state index contributed by atoms with van der Waals surface area (Å²) >= 11 is 0. The zero-order valence-electron chi connectivity index (χ0n) is 23.4. The van der Waals surface area contributed by atoms with Gasteiger partial charge in [0.25, 0.3) is 5.91 Å². The molecule has 3 N–H and O–H groups in total. The van der Waals surface area contributed by atoms with Gasteiger partial charge in [0.2, 0.25) is 0 Å². The van der Waals surface area contributed by atoms with Gasteiger partial charge in [0, 0.05) is 79.4 Å². The van der Waals surface area contributed by atoms with E-state index >= 15 is 0 Å². The number of carbonyl (C=O) groups is 1. The number of hydrogen-bond donors (Lipinski definition) is 3. The number of ether oxygens (including phenoxy) is 1. The minimum atomic E-state index is -0.636. The van der Waals surface area contributed by atoms with Gasteiger partial charge >= 0.3 is 0 Å². The maximum Gasteiger partial charge on any atom is 0.258 e. The predicted octanol–water partition coefficient (Wildman–Crippen LogP) is 4.56. The number of nitrogens with zero attached hydrogens (tertiary/aromatic N) is 4. The number of halogens is 2. The van der Waals surface area contributed by atoms with Crippen LogP contribution in [0, 0.1) is 11.6 Å². The number of piperazine rings is 1. The Morgan fingerprint density at radius 1 is 1.07 bits per heavy atom. The summed E-state index contributed by atoms with van der Waals surface area (Å²) in [6.07, 6.45) is 4.76. The number of likely N-dealkylation sites (tertiary alicyclic amines) is 1. The first kappa shape index (κ1) is 26.8. The van der Waals surface area contributed by atoms with Crippen molar-refractivity contribution in [2.75, 3.05) is 48.9 Å². The summed E-state index contributed by atoms with van der Waals surface area (Å²) in [6, 6.07) is 12.5. The molecule has 4 aromatic rings. The first-order chi connectivity index (χ1) is 20.4. The van der Waals surface area contributed by atoms with Crippen molar-refractivity contribution in [2.24, 2.45) is 0 Å². The Morgan fingerprint density at radius 3 is 2.62 bits per heavy atom. The molecule has 3 fully saturated rings. The quantitative estimate of drug-likeness (QED) is 0.298. The molecule has 2 aromatic carbocycles. The molecule has 2 atom stereocenters. The van der Waals surface area contributed by atoms with Crippen molar-refractivity contribution < 1.29 is 18.3 Å². The van der Waals surface area contributed by atoms with Crippen LogP contribution in [0.25, 0.3) is 10.9 Å². The SMILES string of the molecule is CN1CC2CC1CN2c1ccc(C(=O)Nc2n[nH]c3cnc(Cc4cc(F)cc(F)c4)cc23)c(NC2CCOCC2)c1. The van der Waals surface area contributed by atoms with Gasteiger partial charge in [-0.2, -0.15) is 5.10 Å². The highest BCUT2D eigenvalue weighted by Crippen LogP contribution is 2.36. The van der Waals surface area contributed by atoms with E-state index in [0.717, 1.165) is 43.4 Å². The highest BCUT2D eigenvalue weighted by atomic mass is 19.1. The maximum absolute atomic E-state index is 13.7. The summed E-state index contributed by atoms with van der Waals surface area (Å²) in [6.45, 7) is 3.42. The molecule has 2 bridgehead atoms. The highest BCUT2D eigenvalue weighted by molar-refractivity contribution is 6.11. The molecule has 0 radical (unpaired) electrons. The molecular weight excluding hydrogens is 540 g/mol. The van der Waals surface area contributed by atoms with Gasteiger partial charge in [-0.1, -0.05) is 0 Å². The number of fused-ring (bicyclic) bond motifs is 3. The molecule has 0 spiro atoms. The topological polar surface area (TPSA) is 98.4 Å². The third kappa shape index (κ3) is 5.30. The fraction of sp³-hybridized carbons (Fsp3) is 0.387. The second kappa shape index (κ2) is 11.0. The molecule has 7 rings (SSSR count). The first-order valence-corrected chi connectivity index (χ1v) is 14.4. The second-order valence-electron chi connectivity index (χ2n) is 11.6. The van der Waals surface area contributed by atoms with Gasteiger partial charge < -0.3 is 20.3 Å². The summed E-state index contributed by atoms with van der Waals surface area (Å²) in [5.41, 5.74) is 4.16. The molecule has 5 heterocycles.